The highest BCUT2D eigenvalue weighted by Gasteiger charge is 2.17. The molecule has 0 saturated heterocycles. The van der Waals surface area contributed by atoms with Crippen molar-refractivity contribution in [3.63, 3.8) is 0 Å². The highest BCUT2D eigenvalue weighted by Crippen LogP contribution is 2.24. The van der Waals surface area contributed by atoms with Crippen molar-refractivity contribution in [3.8, 4) is 17.0 Å². The van der Waals surface area contributed by atoms with Crippen LogP contribution in [0.5, 0.6) is 5.75 Å². The van der Waals surface area contributed by atoms with Gasteiger partial charge in [0.1, 0.15) is 5.75 Å². The predicted octanol–water partition coefficient (Wildman–Crippen LogP) is 3.87. The Morgan fingerprint density at radius 2 is 1.82 bits per heavy atom. The van der Waals surface area contributed by atoms with Crippen molar-refractivity contribution in [2.45, 2.75) is 24.3 Å². The normalized spacial score (nSPS) is 11.7. The summed E-state index contributed by atoms with van der Waals surface area (Å²) >= 11 is 1.20. The summed E-state index contributed by atoms with van der Waals surface area (Å²) < 4.78 is 5.15. The zero-order valence-corrected chi connectivity index (χ0v) is 16.7. The number of ether oxygens (including phenoxy) is 1. The summed E-state index contributed by atoms with van der Waals surface area (Å²) in [6.45, 7) is 3.76. The minimum absolute atomic E-state index is 0.161. The number of hydrogen-bond acceptors (Lipinski definition) is 5. The van der Waals surface area contributed by atoms with E-state index in [2.05, 4.69) is 15.3 Å². The molecule has 7 heteroatoms. The Labute approximate surface area is 167 Å². The Hall–Kier alpha value is -3.06. The van der Waals surface area contributed by atoms with Crippen LogP contribution in [0.15, 0.2) is 64.5 Å². The van der Waals surface area contributed by atoms with Crippen LogP contribution in [0.1, 0.15) is 12.5 Å². The number of H-pyrrole nitrogens is 1. The summed E-state index contributed by atoms with van der Waals surface area (Å²) in [5, 5.41) is 2.83. The van der Waals surface area contributed by atoms with Gasteiger partial charge in [-0.25, -0.2) is 4.98 Å². The zero-order chi connectivity index (χ0) is 20.1. The third-order valence-corrected chi connectivity index (χ3v) is 5.07. The number of aromatic amines is 1. The number of hydrogen-bond donors (Lipinski definition) is 2. The molecule has 1 heterocycles. The van der Waals surface area contributed by atoms with Gasteiger partial charge in [0, 0.05) is 17.3 Å². The van der Waals surface area contributed by atoms with Gasteiger partial charge in [0.05, 0.1) is 18.1 Å². The highest BCUT2D eigenvalue weighted by atomic mass is 32.2. The standard InChI is InChI=1S/C21H21N3O3S/c1-13-4-8-16(9-5-13)22-20(26)14(2)28-21-23-18(12-19(25)24-21)15-6-10-17(27-3)11-7-15/h4-12,14H,1-3H3,(H,22,26)(H,23,24,25). The lowest BCUT2D eigenvalue weighted by Gasteiger charge is -2.12. The van der Waals surface area contributed by atoms with E-state index in [1.165, 1.54) is 17.8 Å². The molecular formula is C21H21N3O3S. The van der Waals surface area contributed by atoms with Crippen molar-refractivity contribution < 1.29 is 9.53 Å². The van der Waals surface area contributed by atoms with Crippen LogP contribution in [-0.2, 0) is 4.79 Å². The van der Waals surface area contributed by atoms with E-state index in [-0.39, 0.29) is 11.5 Å². The van der Waals surface area contributed by atoms with E-state index < -0.39 is 5.25 Å². The fourth-order valence-electron chi connectivity index (χ4n) is 2.50. The van der Waals surface area contributed by atoms with E-state index in [9.17, 15) is 9.59 Å². The van der Waals surface area contributed by atoms with Gasteiger partial charge < -0.3 is 15.0 Å². The van der Waals surface area contributed by atoms with E-state index in [0.717, 1.165) is 22.6 Å². The number of amides is 1. The molecule has 3 rings (SSSR count). The molecule has 2 aromatic carbocycles. The van der Waals surface area contributed by atoms with E-state index in [1.807, 2.05) is 55.5 Å². The molecule has 0 aliphatic heterocycles. The molecule has 6 nitrogen and oxygen atoms in total. The van der Waals surface area contributed by atoms with Crippen LogP contribution in [0.25, 0.3) is 11.3 Å². The fraction of sp³-hybridized carbons (Fsp3) is 0.190. The van der Waals surface area contributed by atoms with Crippen LogP contribution in [-0.4, -0.2) is 28.2 Å². The fourth-order valence-corrected chi connectivity index (χ4v) is 3.31. The minimum Gasteiger partial charge on any atom is -0.497 e. The zero-order valence-electron chi connectivity index (χ0n) is 15.9. The first-order chi connectivity index (χ1) is 13.4. The third-order valence-electron chi connectivity index (χ3n) is 4.08. The van der Waals surface area contributed by atoms with Crippen LogP contribution < -0.4 is 15.6 Å². The second kappa shape index (κ2) is 8.75. The number of rotatable bonds is 6. The average Bonchev–Trinajstić information content (AvgIpc) is 2.69. The van der Waals surface area contributed by atoms with Gasteiger partial charge in [-0.05, 0) is 50.2 Å². The number of nitrogens with zero attached hydrogens (tertiary/aromatic N) is 1. The number of carbonyl (C=O) groups excluding carboxylic acids is 1. The predicted molar refractivity (Wildman–Crippen MR) is 112 cm³/mol. The lowest BCUT2D eigenvalue weighted by atomic mass is 10.1. The number of aromatic nitrogens is 2. The quantitative estimate of drug-likeness (QED) is 0.489. The molecule has 0 bridgehead atoms. The molecule has 0 fully saturated rings. The SMILES string of the molecule is COc1ccc(-c2cc(=O)[nH]c(SC(C)C(=O)Nc3ccc(C)cc3)n2)cc1. The molecule has 0 radical (unpaired) electrons. The van der Waals surface area contributed by atoms with Crippen molar-refractivity contribution in [1.82, 2.24) is 9.97 Å². The lowest BCUT2D eigenvalue weighted by molar-refractivity contribution is -0.115. The number of nitrogens with one attached hydrogen (secondary N) is 2. The number of benzene rings is 2. The Balaban J connectivity index is 1.74. The Kier molecular flexibility index (Phi) is 6.16. The Morgan fingerprint density at radius 1 is 1.14 bits per heavy atom. The van der Waals surface area contributed by atoms with E-state index >= 15 is 0 Å². The molecule has 3 aromatic rings. The first-order valence-electron chi connectivity index (χ1n) is 8.74. The van der Waals surface area contributed by atoms with Gasteiger partial charge in [0.15, 0.2) is 5.16 Å². The smallest absolute Gasteiger partial charge is 0.252 e. The molecule has 28 heavy (non-hydrogen) atoms. The number of anilines is 1. The van der Waals surface area contributed by atoms with Crippen molar-refractivity contribution in [2.24, 2.45) is 0 Å². The number of thioether (sulfide) groups is 1. The number of carbonyl (C=O) groups is 1. The van der Waals surface area contributed by atoms with Gasteiger partial charge in [-0.3, -0.25) is 9.59 Å². The van der Waals surface area contributed by atoms with Crippen LogP contribution >= 0.6 is 11.8 Å². The summed E-state index contributed by atoms with van der Waals surface area (Å²) in [6.07, 6.45) is 0. The molecule has 1 amide bonds. The van der Waals surface area contributed by atoms with Gasteiger partial charge in [-0.1, -0.05) is 29.5 Å². The maximum atomic E-state index is 12.4. The topological polar surface area (TPSA) is 84.1 Å². The van der Waals surface area contributed by atoms with Gasteiger partial charge in [-0.2, -0.15) is 0 Å². The maximum absolute atomic E-state index is 12.4. The van der Waals surface area contributed by atoms with E-state index in [4.69, 9.17) is 4.74 Å². The summed E-state index contributed by atoms with van der Waals surface area (Å²) in [4.78, 5) is 31.7. The van der Waals surface area contributed by atoms with Crippen LogP contribution in [0.4, 0.5) is 5.69 Å². The van der Waals surface area contributed by atoms with Crippen LogP contribution in [0, 0.1) is 6.92 Å². The number of aryl methyl sites for hydroxylation is 1. The highest BCUT2D eigenvalue weighted by molar-refractivity contribution is 8.00. The van der Waals surface area contributed by atoms with Gasteiger partial charge in [0.2, 0.25) is 5.91 Å². The minimum atomic E-state index is -0.435. The van der Waals surface area contributed by atoms with Crippen molar-refractivity contribution in [2.75, 3.05) is 12.4 Å². The maximum Gasteiger partial charge on any atom is 0.252 e. The van der Waals surface area contributed by atoms with Crippen LogP contribution in [0.3, 0.4) is 0 Å². The molecule has 144 valence electrons. The summed E-state index contributed by atoms with van der Waals surface area (Å²) in [5.74, 6) is 0.566. The van der Waals surface area contributed by atoms with Crippen LogP contribution in [0.2, 0.25) is 0 Å². The first kappa shape index (κ1) is 19.7. The largest absolute Gasteiger partial charge is 0.497 e. The van der Waals surface area contributed by atoms with Crippen molar-refractivity contribution in [1.29, 1.82) is 0 Å². The average molecular weight is 395 g/mol. The molecule has 1 aromatic heterocycles. The molecule has 1 unspecified atom stereocenters. The molecule has 0 spiro atoms. The lowest BCUT2D eigenvalue weighted by Crippen LogP contribution is -2.23. The monoisotopic (exact) mass is 395 g/mol. The Bertz CT molecular complexity index is 1010. The molecule has 2 N–H and O–H groups in total. The van der Waals surface area contributed by atoms with E-state index in [1.54, 1.807) is 14.0 Å². The summed E-state index contributed by atoms with van der Waals surface area (Å²) in [6, 6.07) is 16.3. The van der Waals surface area contributed by atoms with Crippen molar-refractivity contribution in [3.05, 3.63) is 70.5 Å². The summed E-state index contributed by atoms with van der Waals surface area (Å²) in [7, 11) is 1.60. The third kappa shape index (κ3) is 5.01. The number of methoxy groups -OCH3 is 1. The Morgan fingerprint density at radius 3 is 2.46 bits per heavy atom. The molecule has 0 aliphatic carbocycles. The van der Waals surface area contributed by atoms with Gasteiger partial charge >= 0.3 is 0 Å². The first-order valence-corrected chi connectivity index (χ1v) is 9.62. The molecular weight excluding hydrogens is 374 g/mol. The van der Waals surface area contributed by atoms with Crippen molar-refractivity contribution >= 4 is 23.4 Å². The molecule has 1 atom stereocenters. The summed E-state index contributed by atoms with van der Waals surface area (Å²) in [5.41, 5.74) is 2.93. The second-order valence-electron chi connectivity index (χ2n) is 6.28. The van der Waals surface area contributed by atoms with E-state index in [0.29, 0.717) is 10.9 Å². The molecule has 0 saturated carbocycles. The van der Waals surface area contributed by atoms with Gasteiger partial charge in [0.25, 0.3) is 5.56 Å². The second-order valence-corrected chi connectivity index (χ2v) is 7.61. The van der Waals surface area contributed by atoms with Gasteiger partial charge in [-0.15, -0.1) is 0 Å². The molecule has 0 aliphatic rings.